The van der Waals surface area contributed by atoms with Gasteiger partial charge in [-0.2, -0.15) is 14.9 Å². The predicted octanol–water partition coefficient (Wildman–Crippen LogP) is 2.30. The van der Waals surface area contributed by atoms with Crippen molar-refractivity contribution in [2.24, 2.45) is 5.10 Å². The van der Waals surface area contributed by atoms with E-state index in [1.165, 1.54) is 24.3 Å². The van der Waals surface area contributed by atoms with Gasteiger partial charge in [-0.1, -0.05) is 15.9 Å². The SMILES string of the molecule is COc1cc(Br)cc(/C=N\n2cn[nH]c2=S)c1O. The fourth-order valence-corrected chi connectivity index (χ4v) is 1.90. The van der Waals surface area contributed by atoms with Gasteiger partial charge in [-0.25, -0.2) is 0 Å². The lowest BCUT2D eigenvalue weighted by atomic mass is 10.2. The summed E-state index contributed by atoms with van der Waals surface area (Å²) in [5, 5.41) is 20.3. The van der Waals surface area contributed by atoms with Gasteiger partial charge in [-0.3, -0.25) is 5.10 Å². The molecule has 0 amide bonds. The fourth-order valence-electron chi connectivity index (χ4n) is 1.30. The molecule has 1 aromatic carbocycles. The first-order valence-corrected chi connectivity index (χ1v) is 6.05. The number of aromatic amines is 1. The van der Waals surface area contributed by atoms with Crippen LogP contribution < -0.4 is 4.74 Å². The highest BCUT2D eigenvalue weighted by Gasteiger charge is 2.08. The second-order valence-corrected chi connectivity index (χ2v) is 4.60. The van der Waals surface area contributed by atoms with E-state index in [1.54, 1.807) is 12.1 Å². The van der Waals surface area contributed by atoms with E-state index in [4.69, 9.17) is 17.0 Å². The van der Waals surface area contributed by atoms with Crippen molar-refractivity contribution in [1.29, 1.82) is 0 Å². The number of nitrogens with zero attached hydrogens (tertiary/aromatic N) is 3. The molecule has 0 spiro atoms. The maximum atomic E-state index is 9.92. The lowest BCUT2D eigenvalue weighted by molar-refractivity contribution is 0.373. The molecule has 0 fully saturated rings. The molecule has 0 atom stereocenters. The Labute approximate surface area is 116 Å². The number of aromatic hydroxyl groups is 1. The summed E-state index contributed by atoms with van der Waals surface area (Å²) < 4.78 is 7.56. The van der Waals surface area contributed by atoms with Crippen LogP contribution in [0.15, 0.2) is 28.0 Å². The standard InChI is InChI=1S/C10H9BrN4O2S/c1-17-8-3-7(11)2-6(9(8)16)4-13-15-5-12-14-10(15)18/h2-5,16H,1H3,(H,14,18)/b13-4-. The predicted molar refractivity (Wildman–Crippen MR) is 72.8 cm³/mol. The Bertz CT molecular complexity index is 650. The van der Waals surface area contributed by atoms with Crippen LogP contribution in [0.3, 0.4) is 0 Å². The second kappa shape index (κ2) is 5.32. The van der Waals surface area contributed by atoms with E-state index in [9.17, 15) is 5.11 Å². The topological polar surface area (TPSA) is 75.4 Å². The van der Waals surface area contributed by atoms with Crippen molar-refractivity contribution in [2.75, 3.05) is 7.11 Å². The largest absolute Gasteiger partial charge is 0.504 e. The summed E-state index contributed by atoms with van der Waals surface area (Å²) in [6.07, 6.45) is 2.90. The molecule has 0 saturated heterocycles. The lowest BCUT2D eigenvalue weighted by Crippen LogP contribution is -1.92. The van der Waals surface area contributed by atoms with Gasteiger partial charge in [0.25, 0.3) is 0 Å². The van der Waals surface area contributed by atoms with Crippen molar-refractivity contribution in [2.45, 2.75) is 0 Å². The number of rotatable bonds is 3. The number of benzene rings is 1. The minimum Gasteiger partial charge on any atom is -0.504 e. The van der Waals surface area contributed by atoms with E-state index in [2.05, 4.69) is 31.2 Å². The Morgan fingerprint density at radius 1 is 1.61 bits per heavy atom. The van der Waals surface area contributed by atoms with Gasteiger partial charge in [0, 0.05) is 10.0 Å². The quantitative estimate of drug-likeness (QED) is 0.669. The summed E-state index contributed by atoms with van der Waals surface area (Å²) in [6, 6.07) is 3.38. The number of hydrogen-bond donors (Lipinski definition) is 2. The molecule has 0 bridgehead atoms. The van der Waals surface area contributed by atoms with Crippen molar-refractivity contribution in [1.82, 2.24) is 14.9 Å². The maximum absolute atomic E-state index is 9.92. The van der Waals surface area contributed by atoms with Gasteiger partial charge in [0.05, 0.1) is 13.3 Å². The number of ether oxygens (including phenoxy) is 1. The summed E-state index contributed by atoms with van der Waals surface area (Å²) in [6.45, 7) is 0. The number of aromatic nitrogens is 3. The molecule has 6 nitrogen and oxygen atoms in total. The molecule has 0 aliphatic carbocycles. The Hall–Kier alpha value is -1.67. The van der Waals surface area contributed by atoms with Gasteiger partial charge in [0.1, 0.15) is 6.33 Å². The molecule has 0 radical (unpaired) electrons. The van der Waals surface area contributed by atoms with E-state index < -0.39 is 0 Å². The van der Waals surface area contributed by atoms with Gasteiger partial charge in [0.2, 0.25) is 4.77 Å². The number of halogens is 1. The molecular formula is C10H9BrN4O2S. The summed E-state index contributed by atoms with van der Waals surface area (Å²) in [7, 11) is 1.48. The third kappa shape index (κ3) is 2.59. The van der Waals surface area contributed by atoms with Crippen molar-refractivity contribution in [3.63, 3.8) is 0 Å². The number of phenols is 1. The molecule has 8 heteroatoms. The third-order valence-corrected chi connectivity index (χ3v) is 2.88. The monoisotopic (exact) mass is 328 g/mol. The lowest BCUT2D eigenvalue weighted by Gasteiger charge is -2.06. The summed E-state index contributed by atoms with van der Waals surface area (Å²) in [5.74, 6) is 0.376. The maximum Gasteiger partial charge on any atom is 0.216 e. The number of methoxy groups -OCH3 is 1. The van der Waals surface area contributed by atoms with Gasteiger partial charge in [0.15, 0.2) is 11.5 Å². The van der Waals surface area contributed by atoms with Crippen LogP contribution in [0, 0.1) is 4.77 Å². The zero-order valence-electron chi connectivity index (χ0n) is 9.29. The van der Waals surface area contributed by atoms with E-state index in [1.807, 2.05) is 0 Å². The first-order chi connectivity index (χ1) is 8.61. The van der Waals surface area contributed by atoms with Crippen LogP contribution in [0.25, 0.3) is 0 Å². The van der Waals surface area contributed by atoms with E-state index >= 15 is 0 Å². The highest BCUT2D eigenvalue weighted by molar-refractivity contribution is 9.10. The highest BCUT2D eigenvalue weighted by Crippen LogP contribution is 2.32. The molecule has 0 saturated carbocycles. The van der Waals surface area contributed by atoms with Crippen LogP contribution in [0.5, 0.6) is 11.5 Å². The van der Waals surface area contributed by atoms with Crippen LogP contribution in [0.4, 0.5) is 0 Å². The normalized spacial score (nSPS) is 11.0. The highest BCUT2D eigenvalue weighted by atomic mass is 79.9. The van der Waals surface area contributed by atoms with Gasteiger partial charge >= 0.3 is 0 Å². The second-order valence-electron chi connectivity index (χ2n) is 3.30. The zero-order chi connectivity index (χ0) is 13.1. The third-order valence-electron chi connectivity index (χ3n) is 2.15. The van der Waals surface area contributed by atoms with Gasteiger partial charge in [-0.05, 0) is 24.4 Å². The Balaban J connectivity index is 2.40. The van der Waals surface area contributed by atoms with Crippen molar-refractivity contribution in [3.05, 3.63) is 33.3 Å². The number of nitrogens with one attached hydrogen (secondary N) is 1. The van der Waals surface area contributed by atoms with E-state index in [0.717, 1.165) is 4.47 Å². The molecule has 18 heavy (non-hydrogen) atoms. The zero-order valence-corrected chi connectivity index (χ0v) is 11.7. The first-order valence-electron chi connectivity index (χ1n) is 4.84. The summed E-state index contributed by atoms with van der Waals surface area (Å²) in [5.41, 5.74) is 0.504. The average Bonchev–Trinajstić information content (AvgIpc) is 2.75. The minimum atomic E-state index is 0.0134. The van der Waals surface area contributed by atoms with Gasteiger partial charge in [-0.15, -0.1) is 0 Å². The van der Waals surface area contributed by atoms with Crippen LogP contribution in [-0.4, -0.2) is 33.3 Å². The molecule has 2 rings (SSSR count). The molecular weight excluding hydrogens is 320 g/mol. The number of hydrogen-bond acceptors (Lipinski definition) is 5. The molecule has 2 aromatic rings. The molecule has 0 aliphatic rings. The van der Waals surface area contributed by atoms with Crippen LogP contribution in [0.2, 0.25) is 0 Å². The Morgan fingerprint density at radius 2 is 2.39 bits per heavy atom. The smallest absolute Gasteiger partial charge is 0.216 e. The molecule has 0 unspecified atom stereocenters. The Kier molecular flexibility index (Phi) is 3.78. The fraction of sp³-hybridized carbons (Fsp3) is 0.100. The van der Waals surface area contributed by atoms with Crippen LogP contribution >= 0.6 is 28.1 Å². The molecule has 2 N–H and O–H groups in total. The van der Waals surface area contributed by atoms with Crippen molar-refractivity contribution in [3.8, 4) is 11.5 Å². The van der Waals surface area contributed by atoms with Crippen molar-refractivity contribution < 1.29 is 9.84 Å². The van der Waals surface area contributed by atoms with Crippen LogP contribution in [-0.2, 0) is 0 Å². The number of phenolic OH excluding ortho intramolecular Hbond substituents is 1. The Morgan fingerprint density at radius 3 is 3.00 bits per heavy atom. The first kappa shape index (κ1) is 12.8. The van der Waals surface area contributed by atoms with E-state index in [-0.39, 0.29) is 5.75 Å². The van der Waals surface area contributed by atoms with Crippen LogP contribution in [0.1, 0.15) is 5.56 Å². The molecule has 94 valence electrons. The summed E-state index contributed by atoms with van der Waals surface area (Å²) >= 11 is 8.27. The van der Waals surface area contributed by atoms with Crippen molar-refractivity contribution >= 4 is 34.4 Å². The summed E-state index contributed by atoms with van der Waals surface area (Å²) in [4.78, 5) is 0. The average molecular weight is 329 g/mol. The number of H-pyrrole nitrogens is 1. The minimum absolute atomic E-state index is 0.0134. The molecule has 1 aromatic heterocycles. The van der Waals surface area contributed by atoms with E-state index in [0.29, 0.717) is 16.1 Å². The molecule has 0 aliphatic heterocycles. The van der Waals surface area contributed by atoms with Gasteiger partial charge < -0.3 is 9.84 Å². The molecule has 1 heterocycles.